The molecule has 1 aromatic heterocycles. The molecule has 5 heteroatoms. The maximum atomic E-state index is 11.3. The van der Waals surface area contributed by atoms with Crippen molar-refractivity contribution in [3.63, 3.8) is 0 Å². The molecule has 0 bridgehead atoms. The lowest BCUT2D eigenvalue weighted by molar-refractivity contribution is -0.142. The van der Waals surface area contributed by atoms with Crippen molar-refractivity contribution in [2.24, 2.45) is 5.73 Å². The Morgan fingerprint density at radius 2 is 1.82 bits per heavy atom. The molecule has 2 aromatic rings. The van der Waals surface area contributed by atoms with E-state index in [1.54, 1.807) is 6.07 Å². The SMILES string of the molecule is COC(=O)C(N)Cc1ccc(COc2cc(C)cc(C)c2)o1. The van der Waals surface area contributed by atoms with Crippen LogP contribution in [0.3, 0.4) is 0 Å². The zero-order valence-electron chi connectivity index (χ0n) is 13.1. The Balaban J connectivity index is 1.93. The summed E-state index contributed by atoms with van der Waals surface area (Å²) in [6, 6.07) is 8.94. The molecule has 0 saturated heterocycles. The summed E-state index contributed by atoms with van der Waals surface area (Å²) in [5.41, 5.74) is 8.01. The third-order valence-corrected chi connectivity index (χ3v) is 3.22. The van der Waals surface area contributed by atoms with Crippen LogP contribution in [-0.2, 0) is 22.6 Å². The highest BCUT2D eigenvalue weighted by Crippen LogP contribution is 2.18. The first-order valence-electron chi connectivity index (χ1n) is 7.10. The van der Waals surface area contributed by atoms with Gasteiger partial charge in [0.2, 0.25) is 0 Å². The fourth-order valence-electron chi connectivity index (χ4n) is 2.23. The number of methoxy groups -OCH3 is 1. The molecule has 1 heterocycles. The zero-order valence-corrected chi connectivity index (χ0v) is 13.1. The van der Waals surface area contributed by atoms with E-state index in [-0.39, 0.29) is 0 Å². The quantitative estimate of drug-likeness (QED) is 0.830. The number of ether oxygens (including phenoxy) is 2. The van der Waals surface area contributed by atoms with E-state index in [4.69, 9.17) is 14.9 Å². The van der Waals surface area contributed by atoms with Gasteiger partial charge in [-0.05, 0) is 49.2 Å². The number of nitrogens with two attached hydrogens (primary N) is 1. The number of esters is 1. The summed E-state index contributed by atoms with van der Waals surface area (Å²) in [4.78, 5) is 11.3. The fraction of sp³-hybridized carbons (Fsp3) is 0.353. The molecule has 118 valence electrons. The predicted octanol–water partition coefficient (Wildman–Crippen LogP) is 2.52. The molecule has 0 aliphatic carbocycles. The topological polar surface area (TPSA) is 74.7 Å². The largest absolute Gasteiger partial charge is 0.486 e. The van der Waals surface area contributed by atoms with E-state index in [0.29, 0.717) is 24.5 Å². The number of carbonyl (C=O) groups excluding carboxylic acids is 1. The van der Waals surface area contributed by atoms with Gasteiger partial charge in [-0.25, -0.2) is 0 Å². The Hall–Kier alpha value is -2.27. The van der Waals surface area contributed by atoms with Crippen molar-refractivity contribution in [2.75, 3.05) is 7.11 Å². The monoisotopic (exact) mass is 303 g/mol. The van der Waals surface area contributed by atoms with Gasteiger partial charge >= 0.3 is 5.97 Å². The molecule has 1 atom stereocenters. The van der Waals surface area contributed by atoms with E-state index in [1.807, 2.05) is 32.0 Å². The number of rotatable bonds is 6. The smallest absolute Gasteiger partial charge is 0.323 e. The summed E-state index contributed by atoms with van der Waals surface area (Å²) in [5, 5.41) is 0. The van der Waals surface area contributed by atoms with Crippen molar-refractivity contribution < 1.29 is 18.7 Å². The van der Waals surface area contributed by atoms with Gasteiger partial charge in [0, 0.05) is 6.42 Å². The Bertz CT molecular complexity index is 628. The molecule has 2 rings (SSSR count). The molecular weight excluding hydrogens is 282 g/mol. The molecule has 0 saturated carbocycles. The number of hydrogen-bond acceptors (Lipinski definition) is 5. The van der Waals surface area contributed by atoms with Gasteiger partial charge in [0.05, 0.1) is 7.11 Å². The highest BCUT2D eigenvalue weighted by molar-refractivity contribution is 5.75. The Labute approximate surface area is 130 Å². The van der Waals surface area contributed by atoms with Crippen molar-refractivity contribution in [1.29, 1.82) is 0 Å². The first-order valence-corrected chi connectivity index (χ1v) is 7.10. The molecule has 0 radical (unpaired) electrons. The maximum absolute atomic E-state index is 11.3. The van der Waals surface area contributed by atoms with Crippen molar-refractivity contribution in [1.82, 2.24) is 0 Å². The lowest BCUT2D eigenvalue weighted by atomic mass is 10.1. The standard InChI is InChI=1S/C17H21NO4/c1-11-6-12(2)8-15(7-11)21-10-14-5-4-13(22-14)9-16(18)17(19)20-3/h4-8,16H,9-10,18H2,1-3H3. The fourth-order valence-corrected chi connectivity index (χ4v) is 2.23. The highest BCUT2D eigenvalue weighted by Gasteiger charge is 2.16. The summed E-state index contributed by atoms with van der Waals surface area (Å²) < 4.78 is 15.9. The van der Waals surface area contributed by atoms with Crippen LogP contribution in [0, 0.1) is 13.8 Å². The molecular formula is C17H21NO4. The third-order valence-electron chi connectivity index (χ3n) is 3.22. The highest BCUT2D eigenvalue weighted by atomic mass is 16.5. The van der Waals surface area contributed by atoms with Gasteiger partial charge in [0.15, 0.2) is 0 Å². The predicted molar refractivity (Wildman–Crippen MR) is 82.7 cm³/mol. The second-order valence-electron chi connectivity index (χ2n) is 5.31. The molecule has 1 aromatic carbocycles. The zero-order chi connectivity index (χ0) is 16.1. The first-order chi connectivity index (χ1) is 10.5. The maximum Gasteiger partial charge on any atom is 0.323 e. The third kappa shape index (κ3) is 4.36. The van der Waals surface area contributed by atoms with Gasteiger partial charge in [-0.3, -0.25) is 4.79 Å². The van der Waals surface area contributed by atoms with Crippen LogP contribution >= 0.6 is 0 Å². The van der Waals surface area contributed by atoms with Crippen LogP contribution < -0.4 is 10.5 Å². The molecule has 0 aliphatic rings. The summed E-state index contributed by atoms with van der Waals surface area (Å²) in [7, 11) is 1.31. The van der Waals surface area contributed by atoms with Gasteiger partial charge in [-0.15, -0.1) is 0 Å². The van der Waals surface area contributed by atoms with Crippen LogP contribution in [0.2, 0.25) is 0 Å². The van der Waals surface area contributed by atoms with Gasteiger partial charge in [0.1, 0.15) is 29.9 Å². The molecule has 0 fully saturated rings. The van der Waals surface area contributed by atoms with E-state index in [1.165, 1.54) is 7.11 Å². The Morgan fingerprint density at radius 3 is 2.45 bits per heavy atom. The molecule has 1 unspecified atom stereocenters. The van der Waals surface area contributed by atoms with Crippen molar-refractivity contribution in [3.05, 3.63) is 53.0 Å². The number of hydrogen-bond donors (Lipinski definition) is 1. The Morgan fingerprint density at radius 1 is 1.18 bits per heavy atom. The normalized spacial score (nSPS) is 12.0. The van der Waals surface area contributed by atoms with Crippen LogP contribution in [0.15, 0.2) is 34.7 Å². The van der Waals surface area contributed by atoms with Crippen LogP contribution in [0.25, 0.3) is 0 Å². The van der Waals surface area contributed by atoms with Crippen LogP contribution in [0.4, 0.5) is 0 Å². The summed E-state index contributed by atoms with van der Waals surface area (Å²) in [6.45, 7) is 4.38. The minimum atomic E-state index is -0.718. The Kier molecular flexibility index (Phi) is 5.22. The number of aryl methyl sites for hydroxylation is 2. The molecule has 5 nitrogen and oxygen atoms in total. The van der Waals surface area contributed by atoms with E-state index in [2.05, 4.69) is 10.8 Å². The van der Waals surface area contributed by atoms with E-state index in [0.717, 1.165) is 16.9 Å². The van der Waals surface area contributed by atoms with E-state index >= 15 is 0 Å². The van der Waals surface area contributed by atoms with Gasteiger partial charge in [0.25, 0.3) is 0 Å². The van der Waals surface area contributed by atoms with Gasteiger partial charge in [-0.2, -0.15) is 0 Å². The average molecular weight is 303 g/mol. The van der Waals surface area contributed by atoms with E-state index in [9.17, 15) is 4.79 Å². The van der Waals surface area contributed by atoms with Crippen molar-refractivity contribution >= 4 is 5.97 Å². The van der Waals surface area contributed by atoms with E-state index < -0.39 is 12.0 Å². The number of furan rings is 1. The van der Waals surface area contributed by atoms with Gasteiger partial charge in [-0.1, -0.05) is 6.07 Å². The minimum Gasteiger partial charge on any atom is -0.486 e. The van der Waals surface area contributed by atoms with Crippen LogP contribution in [-0.4, -0.2) is 19.1 Å². The second kappa shape index (κ2) is 7.13. The van der Waals surface area contributed by atoms with Gasteiger partial charge < -0.3 is 19.6 Å². The minimum absolute atomic E-state index is 0.302. The lowest BCUT2D eigenvalue weighted by Gasteiger charge is -2.08. The lowest BCUT2D eigenvalue weighted by Crippen LogP contribution is -2.33. The average Bonchev–Trinajstić information content (AvgIpc) is 2.90. The summed E-state index contributed by atoms with van der Waals surface area (Å²) in [5.74, 6) is 1.68. The van der Waals surface area contributed by atoms with Crippen LogP contribution in [0.1, 0.15) is 22.6 Å². The molecule has 0 spiro atoms. The first kappa shape index (κ1) is 16.1. The second-order valence-corrected chi connectivity index (χ2v) is 5.31. The van der Waals surface area contributed by atoms with Crippen molar-refractivity contribution in [3.8, 4) is 5.75 Å². The van der Waals surface area contributed by atoms with Crippen LogP contribution in [0.5, 0.6) is 5.75 Å². The molecule has 22 heavy (non-hydrogen) atoms. The molecule has 0 aliphatic heterocycles. The van der Waals surface area contributed by atoms with Crippen molar-refractivity contribution in [2.45, 2.75) is 32.9 Å². The molecule has 2 N–H and O–H groups in total. The number of carbonyl (C=O) groups is 1. The summed E-state index contributed by atoms with van der Waals surface area (Å²) >= 11 is 0. The number of benzene rings is 1. The molecule has 0 amide bonds. The summed E-state index contributed by atoms with van der Waals surface area (Å²) in [6.07, 6.45) is 0.302.